The largest absolute Gasteiger partial charge is 0.481 e. The van der Waals surface area contributed by atoms with Crippen LogP contribution in [0.4, 0.5) is 4.39 Å². The number of rotatable bonds is 5. The topological polar surface area (TPSA) is 57.0 Å². The van der Waals surface area contributed by atoms with E-state index in [1.165, 1.54) is 16.9 Å². The lowest BCUT2D eigenvalue weighted by molar-refractivity contribution is 0.397. The Morgan fingerprint density at radius 2 is 1.91 bits per heavy atom. The van der Waals surface area contributed by atoms with Gasteiger partial charge in [-0.1, -0.05) is 55.2 Å². The van der Waals surface area contributed by atoms with E-state index in [9.17, 15) is 4.79 Å². The van der Waals surface area contributed by atoms with E-state index in [0.717, 1.165) is 22.4 Å². The van der Waals surface area contributed by atoms with Crippen LogP contribution in [0, 0.1) is 5.82 Å². The van der Waals surface area contributed by atoms with Gasteiger partial charge >= 0.3 is 0 Å². The molecule has 0 saturated heterocycles. The van der Waals surface area contributed by atoms with Crippen molar-refractivity contribution in [2.24, 2.45) is 0 Å². The molecule has 0 spiro atoms. The van der Waals surface area contributed by atoms with Crippen LogP contribution >= 0.6 is 15.9 Å². The van der Waals surface area contributed by atoms with Crippen LogP contribution in [-0.4, -0.2) is 29.7 Å². The molecule has 0 bridgehead atoms. The normalized spacial score (nSPS) is 11.7. The van der Waals surface area contributed by atoms with E-state index in [-0.39, 0.29) is 17.1 Å². The number of ether oxygens (including phenoxy) is 1. The maximum absolute atomic E-state index is 15.1. The van der Waals surface area contributed by atoms with E-state index < -0.39 is 11.4 Å². The quantitative estimate of drug-likeness (QED) is 0.259. The molecule has 0 aliphatic carbocycles. The second kappa shape index (κ2) is 9.33. The van der Waals surface area contributed by atoms with Gasteiger partial charge in [0.05, 0.1) is 37.9 Å². The second-order valence-electron chi connectivity index (χ2n) is 9.02. The maximum atomic E-state index is 15.1. The van der Waals surface area contributed by atoms with E-state index in [1.54, 1.807) is 19.2 Å². The fraction of sp³-hybridized carbons (Fsp3) is 0.269. The molecule has 5 nitrogen and oxygen atoms in total. The number of methoxy groups -OCH3 is 1. The van der Waals surface area contributed by atoms with Gasteiger partial charge in [0.2, 0.25) is 5.88 Å². The van der Waals surface area contributed by atoms with E-state index in [4.69, 9.17) is 12.6 Å². The van der Waals surface area contributed by atoms with Gasteiger partial charge in [0.25, 0.3) is 5.56 Å². The summed E-state index contributed by atoms with van der Waals surface area (Å²) in [5.74, 6) is -0.0591. The molecular formula is C26H24BBrFN3O2. The standard InChI is InChI=1S/C26H24BBrFN3O2/c1-26(2,3)16-10-15-14-30-32(25(33)24(15)20(29)11-16)22-7-5-6-17(19(22)12-27)18-8-9-23(34-4)31-21(18)13-28/h5-11,14H,12-13H2,1-4H3. The van der Waals surface area contributed by atoms with E-state index in [2.05, 4.69) is 26.0 Å². The number of halogens is 2. The van der Waals surface area contributed by atoms with Crippen LogP contribution < -0.4 is 10.3 Å². The van der Waals surface area contributed by atoms with Gasteiger partial charge in [-0.3, -0.25) is 4.79 Å². The minimum atomic E-state index is -0.560. The summed E-state index contributed by atoms with van der Waals surface area (Å²) in [6, 6.07) is 12.4. The molecule has 0 amide bonds. The summed E-state index contributed by atoms with van der Waals surface area (Å²) in [5, 5.41) is 5.37. The Morgan fingerprint density at radius 3 is 2.56 bits per heavy atom. The molecule has 0 N–H and O–H groups in total. The van der Waals surface area contributed by atoms with Crippen LogP contribution in [0.1, 0.15) is 37.6 Å². The predicted molar refractivity (Wildman–Crippen MR) is 138 cm³/mol. The summed E-state index contributed by atoms with van der Waals surface area (Å²) >= 11 is 3.49. The zero-order valence-electron chi connectivity index (χ0n) is 19.5. The fourth-order valence-electron chi connectivity index (χ4n) is 4.02. The first-order chi connectivity index (χ1) is 16.2. The molecule has 172 valence electrons. The van der Waals surface area contributed by atoms with Crippen LogP contribution in [0.15, 0.2) is 53.5 Å². The Balaban J connectivity index is 1.95. The van der Waals surface area contributed by atoms with Crippen molar-refractivity contribution in [3.63, 3.8) is 0 Å². The van der Waals surface area contributed by atoms with Crippen LogP contribution in [0.5, 0.6) is 5.88 Å². The van der Waals surface area contributed by atoms with Gasteiger partial charge in [-0.05, 0) is 46.4 Å². The van der Waals surface area contributed by atoms with Crippen molar-refractivity contribution in [1.82, 2.24) is 14.8 Å². The van der Waals surface area contributed by atoms with Gasteiger partial charge in [0, 0.05) is 22.3 Å². The molecule has 2 aromatic carbocycles. The number of aromatic nitrogens is 3. The molecule has 0 atom stereocenters. The molecule has 0 aliphatic rings. The smallest absolute Gasteiger partial charge is 0.282 e. The summed E-state index contributed by atoms with van der Waals surface area (Å²) in [5.41, 5.74) is 3.67. The van der Waals surface area contributed by atoms with Crippen molar-refractivity contribution in [2.45, 2.75) is 37.8 Å². The molecule has 0 unspecified atom stereocenters. The van der Waals surface area contributed by atoms with Crippen molar-refractivity contribution in [3.05, 3.63) is 81.7 Å². The van der Waals surface area contributed by atoms with Crippen LogP contribution in [0.3, 0.4) is 0 Å². The number of nitrogens with zero attached hydrogens (tertiary/aromatic N) is 3. The highest BCUT2D eigenvalue weighted by Crippen LogP contribution is 2.32. The van der Waals surface area contributed by atoms with Crippen molar-refractivity contribution in [1.29, 1.82) is 0 Å². The zero-order valence-corrected chi connectivity index (χ0v) is 21.1. The Hall–Kier alpha value is -3.00. The van der Waals surface area contributed by atoms with Gasteiger partial charge < -0.3 is 4.74 Å². The highest BCUT2D eigenvalue weighted by atomic mass is 79.9. The van der Waals surface area contributed by atoms with E-state index >= 15 is 4.39 Å². The molecule has 4 aromatic rings. The third-order valence-electron chi connectivity index (χ3n) is 5.86. The lowest BCUT2D eigenvalue weighted by Crippen LogP contribution is -2.24. The molecule has 2 heterocycles. The van der Waals surface area contributed by atoms with Crippen molar-refractivity contribution in [2.75, 3.05) is 7.11 Å². The summed E-state index contributed by atoms with van der Waals surface area (Å²) in [6.45, 7) is 5.99. The number of pyridine rings is 1. The summed E-state index contributed by atoms with van der Waals surface area (Å²) in [6.07, 6.45) is 1.68. The fourth-order valence-corrected chi connectivity index (χ4v) is 4.45. The Labute approximate surface area is 207 Å². The second-order valence-corrected chi connectivity index (χ2v) is 9.58. The predicted octanol–water partition coefficient (Wildman–Crippen LogP) is 5.46. The van der Waals surface area contributed by atoms with Crippen LogP contribution in [0.2, 0.25) is 0 Å². The van der Waals surface area contributed by atoms with Gasteiger partial charge in [-0.25, -0.2) is 9.37 Å². The number of benzene rings is 2. The first-order valence-electron chi connectivity index (χ1n) is 10.8. The first kappa shape index (κ1) is 24.1. The Kier molecular flexibility index (Phi) is 6.63. The molecule has 4 rings (SSSR count). The highest BCUT2D eigenvalue weighted by Gasteiger charge is 2.20. The lowest BCUT2D eigenvalue weighted by Gasteiger charge is -2.20. The minimum Gasteiger partial charge on any atom is -0.481 e. The average Bonchev–Trinajstić information content (AvgIpc) is 2.82. The molecule has 0 saturated carbocycles. The van der Waals surface area contributed by atoms with E-state index in [1.807, 2.05) is 45.0 Å². The number of hydrogen-bond acceptors (Lipinski definition) is 4. The summed E-state index contributed by atoms with van der Waals surface area (Å²) < 4.78 is 21.6. The molecule has 34 heavy (non-hydrogen) atoms. The molecule has 0 fully saturated rings. The van der Waals surface area contributed by atoms with Gasteiger partial charge in [-0.15, -0.1) is 0 Å². The van der Waals surface area contributed by atoms with Crippen LogP contribution in [-0.2, 0) is 17.1 Å². The molecule has 2 radical (unpaired) electrons. The zero-order chi connectivity index (χ0) is 24.6. The molecular weight excluding hydrogens is 496 g/mol. The van der Waals surface area contributed by atoms with Crippen molar-refractivity contribution < 1.29 is 9.13 Å². The monoisotopic (exact) mass is 519 g/mol. The molecule has 2 aromatic heterocycles. The third kappa shape index (κ3) is 4.27. The number of fused-ring (bicyclic) bond motifs is 1. The average molecular weight is 520 g/mol. The lowest BCUT2D eigenvalue weighted by atomic mass is 9.86. The highest BCUT2D eigenvalue weighted by molar-refractivity contribution is 9.08. The van der Waals surface area contributed by atoms with Gasteiger partial charge in [0.15, 0.2) is 0 Å². The maximum Gasteiger partial charge on any atom is 0.282 e. The number of alkyl halides is 1. The van der Waals surface area contributed by atoms with E-state index in [0.29, 0.717) is 27.8 Å². The molecule has 0 aliphatic heterocycles. The van der Waals surface area contributed by atoms with Crippen LogP contribution in [0.25, 0.3) is 27.6 Å². The number of hydrogen-bond donors (Lipinski definition) is 0. The van der Waals surface area contributed by atoms with Crippen molar-refractivity contribution >= 4 is 34.5 Å². The summed E-state index contributed by atoms with van der Waals surface area (Å²) in [7, 11) is 7.72. The third-order valence-corrected chi connectivity index (χ3v) is 6.39. The Morgan fingerprint density at radius 1 is 1.15 bits per heavy atom. The summed E-state index contributed by atoms with van der Waals surface area (Å²) in [4.78, 5) is 17.9. The van der Waals surface area contributed by atoms with Gasteiger partial charge in [-0.2, -0.15) is 9.78 Å². The molecule has 8 heteroatoms. The first-order valence-corrected chi connectivity index (χ1v) is 12.0. The minimum absolute atomic E-state index is 0.00337. The Bertz CT molecular complexity index is 1450. The van der Waals surface area contributed by atoms with Crippen molar-refractivity contribution in [3.8, 4) is 22.7 Å². The van der Waals surface area contributed by atoms with Gasteiger partial charge in [0.1, 0.15) is 5.82 Å². The SMILES string of the molecule is [B]Cc1c(-c2ccc(OC)nc2CBr)cccc1-n1ncc2cc(C(C)(C)C)cc(F)c2c1=O.